The second kappa shape index (κ2) is 7.53. The minimum atomic E-state index is -0.162. The number of nitrogens with zero attached hydrogens (tertiary/aromatic N) is 2. The third-order valence-corrected chi connectivity index (χ3v) is 4.42. The molecule has 3 atom stereocenters. The number of carbonyl (C=O) groups excluding carboxylic acids is 1. The monoisotopic (exact) mass is 338 g/mol. The molecule has 2 rings (SSSR count). The Hall–Kier alpha value is -1.60. The van der Waals surface area contributed by atoms with Crippen molar-refractivity contribution in [3.63, 3.8) is 0 Å². The molecule has 1 aliphatic heterocycles. The lowest BCUT2D eigenvalue weighted by atomic mass is 9.94. The Morgan fingerprint density at radius 3 is 2.75 bits per heavy atom. The second-order valence-corrected chi connectivity index (χ2v) is 7.33. The van der Waals surface area contributed by atoms with E-state index >= 15 is 0 Å². The molecule has 1 saturated heterocycles. The van der Waals surface area contributed by atoms with Crippen molar-refractivity contribution in [3.8, 4) is 0 Å². The van der Waals surface area contributed by atoms with Crippen molar-refractivity contribution in [1.29, 1.82) is 0 Å². The van der Waals surface area contributed by atoms with Gasteiger partial charge in [0, 0.05) is 32.2 Å². The lowest BCUT2D eigenvalue weighted by molar-refractivity contribution is 0.0864. The summed E-state index contributed by atoms with van der Waals surface area (Å²) in [6.07, 6.45) is 1.76. The zero-order valence-electron chi connectivity index (χ0n) is 15.5. The lowest BCUT2D eigenvalue weighted by Crippen LogP contribution is -2.48. The van der Waals surface area contributed by atoms with Crippen LogP contribution in [0, 0.1) is 0 Å². The van der Waals surface area contributed by atoms with E-state index in [1.807, 2.05) is 6.92 Å². The third-order valence-electron chi connectivity index (χ3n) is 4.42. The highest BCUT2D eigenvalue weighted by Gasteiger charge is 2.37. The first-order valence-corrected chi connectivity index (χ1v) is 8.53. The number of carbonyl (C=O) groups is 1. The van der Waals surface area contributed by atoms with Gasteiger partial charge in [0.25, 0.3) is 0 Å². The van der Waals surface area contributed by atoms with Crippen LogP contribution in [0.25, 0.3) is 0 Å². The first-order valence-electron chi connectivity index (χ1n) is 8.53. The number of nitrogens with one attached hydrogen (secondary N) is 2. The minimum Gasteiger partial charge on any atom is -0.443 e. The van der Waals surface area contributed by atoms with E-state index in [0.29, 0.717) is 19.0 Å². The van der Waals surface area contributed by atoms with Crippen molar-refractivity contribution < 1.29 is 13.9 Å². The number of urea groups is 1. The fourth-order valence-corrected chi connectivity index (χ4v) is 2.86. The molecule has 7 heteroatoms. The highest BCUT2D eigenvalue weighted by atomic mass is 16.5. The number of rotatable bonds is 5. The van der Waals surface area contributed by atoms with Crippen molar-refractivity contribution in [2.75, 3.05) is 26.7 Å². The summed E-state index contributed by atoms with van der Waals surface area (Å²) in [5, 5.41) is 5.74. The maximum atomic E-state index is 11.8. The Morgan fingerprint density at radius 1 is 1.50 bits per heavy atom. The first-order chi connectivity index (χ1) is 11.3. The minimum absolute atomic E-state index is 0.0276. The van der Waals surface area contributed by atoms with Crippen LogP contribution >= 0.6 is 0 Å². The fraction of sp³-hybridized carbons (Fsp3) is 0.765. The summed E-state index contributed by atoms with van der Waals surface area (Å²) in [7, 11) is 1.67. The molecular formula is C17H30N4O3. The van der Waals surface area contributed by atoms with Crippen LogP contribution in [0.1, 0.15) is 52.3 Å². The summed E-state index contributed by atoms with van der Waals surface area (Å²) >= 11 is 0. The van der Waals surface area contributed by atoms with Crippen LogP contribution in [0.4, 0.5) is 4.79 Å². The van der Waals surface area contributed by atoms with E-state index in [4.69, 9.17) is 9.15 Å². The highest BCUT2D eigenvalue weighted by Crippen LogP contribution is 2.29. The van der Waals surface area contributed by atoms with Crippen LogP contribution in [0.5, 0.6) is 0 Å². The molecule has 24 heavy (non-hydrogen) atoms. The molecule has 0 radical (unpaired) electrons. The van der Waals surface area contributed by atoms with E-state index in [-0.39, 0.29) is 29.6 Å². The van der Waals surface area contributed by atoms with E-state index in [2.05, 4.69) is 48.2 Å². The normalized spacial score (nSPS) is 23.2. The van der Waals surface area contributed by atoms with Crippen molar-refractivity contribution >= 4 is 6.03 Å². The van der Waals surface area contributed by atoms with Crippen LogP contribution in [-0.2, 0) is 10.2 Å². The molecule has 0 spiro atoms. The number of hydrogen-bond acceptors (Lipinski definition) is 5. The molecule has 2 heterocycles. The molecule has 0 saturated carbocycles. The van der Waals surface area contributed by atoms with Crippen LogP contribution in [-0.4, -0.2) is 54.8 Å². The summed E-state index contributed by atoms with van der Waals surface area (Å²) in [6.45, 7) is 12.3. The van der Waals surface area contributed by atoms with Gasteiger partial charge < -0.3 is 19.8 Å². The quantitative estimate of drug-likeness (QED) is 0.859. The summed E-state index contributed by atoms with van der Waals surface area (Å²) in [6, 6.07) is -0.189. The highest BCUT2D eigenvalue weighted by molar-refractivity contribution is 5.74. The number of likely N-dealkylation sites (tertiary alicyclic amines) is 1. The Balaban J connectivity index is 2.04. The summed E-state index contributed by atoms with van der Waals surface area (Å²) in [5.74, 6) is 1.58. The molecule has 1 aromatic heterocycles. The van der Waals surface area contributed by atoms with Gasteiger partial charge in [0.2, 0.25) is 5.89 Å². The average molecular weight is 338 g/mol. The second-order valence-electron chi connectivity index (χ2n) is 7.33. The number of ether oxygens (including phenoxy) is 1. The van der Waals surface area contributed by atoms with E-state index < -0.39 is 0 Å². The molecule has 1 aliphatic rings. The molecule has 2 amide bonds. The Morgan fingerprint density at radius 2 is 2.21 bits per heavy atom. The zero-order chi connectivity index (χ0) is 17.9. The predicted molar refractivity (Wildman–Crippen MR) is 92.0 cm³/mol. The van der Waals surface area contributed by atoms with Gasteiger partial charge in [-0.3, -0.25) is 4.90 Å². The smallest absolute Gasteiger partial charge is 0.315 e. The van der Waals surface area contributed by atoms with Crippen molar-refractivity contribution in [3.05, 3.63) is 17.8 Å². The Bertz CT molecular complexity index is 552. The van der Waals surface area contributed by atoms with Gasteiger partial charge in [-0.25, -0.2) is 9.78 Å². The molecule has 0 aliphatic carbocycles. The summed E-state index contributed by atoms with van der Waals surface area (Å²) in [4.78, 5) is 18.5. The van der Waals surface area contributed by atoms with Gasteiger partial charge in [0.1, 0.15) is 5.76 Å². The van der Waals surface area contributed by atoms with Crippen molar-refractivity contribution in [2.24, 2.45) is 0 Å². The number of amides is 2. The number of hydrogen-bond donors (Lipinski definition) is 2. The topological polar surface area (TPSA) is 79.6 Å². The van der Waals surface area contributed by atoms with Gasteiger partial charge in [-0.05, 0) is 13.8 Å². The van der Waals surface area contributed by atoms with Crippen molar-refractivity contribution in [2.45, 2.75) is 58.2 Å². The first kappa shape index (κ1) is 18.7. The SMILES string of the molecule is CCNC(=O)N[C@@H]1CN([C@@H](C)c2ncc(C(C)(C)C)o2)C[C@@H]1OC. The van der Waals surface area contributed by atoms with Gasteiger partial charge in [-0.2, -0.15) is 0 Å². The maximum absolute atomic E-state index is 11.8. The Labute approximate surface area is 144 Å². The zero-order valence-corrected chi connectivity index (χ0v) is 15.5. The molecule has 0 unspecified atom stereocenters. The molecule has 2 N–H and O–H groups in total. The van der Waals surface area contributed by atoms with E-state index in [1.54, 1.807) is 13.3 Å². The molecule has 0 aromatic carbocycles. The number of methoxy groups -OCH3 is 1. The predicted octanol–water partition coefficient (Wildman–Crippen LogP) is 2.05. The average Bonchev–Trinajstić information content (AvgIpc) is 3.13. The van der Waals surface area contributed by atoms with Gasteiger partial charge in [-0.1, -0.05) is 20.8 Å². The third kappa shape index (κ3) is 4.27. The molecule has 1 aromatic rings. The van der Waals surface area contributed by atoms with E-state index in [1.165, 1.54) is 0 Å². The van der Waals surface area contributed by atoms with Gasteiger partial charge in [-0.15, -0.1) is 0 Å². The van der Waals surface area contributed by atoms with Crippen LogP contribution < -0.4 is 10.6 Å². The number of aromatic nitrogens is 1. The number of oxazole rings is 1. The van der Waals surface area contributed by atoms with Crippen LogP contribution in [0.2, 0.25) is 0 Å². The van der Waals surface area contributed by atoms with E-state index in [0.717, 1.165) is 12.3 Å². The van der Waals surface area contributed by atoms with Crippen LogP contribution in [0.15, 0.2) is 10.6 Å². The van der Waals surface area contributed by atoms with Crippen LogP contribution in [0.3, 0.4) is 0 Å². The maximum Gasteiger partial charge on any atom is 0.315 e. The fourth-order valence-electron chi connectivity index (χ4n) is 2.86. The van der Waals surface area contributed by atoms with Crippen molar-refractivity contribution in [1.82, 2.24) is 20.5 Å². The molecule has 7 nitrogen and oxygen atoms in total. The largest absolute Gasteiger partial charge is 0.443 e. The van der Waals surface area contributed by atoms with Gasteiger partial charge >= 0.3 is 6.03 Å². The summed E-state index contributed by atoms with van der Waals surface area (Å²) < 4.78 is 11.5. The Kier molecular flexibility index (Phi) is 5.87. The lowest BCUT2D eigenvalue weighted by Gasteiger charge is -2.21. The molecule has 1 fully saturated rings. The van der Waals surface area contributed by atoms with Gasteiger partial charge in [0.15, 0.2) is 0 Å². The summed E-state index contributed by atoms with van der Waals surface area (Å²) in [5.41, 5.74) is -0.0621. The molecule has 0 bridgehead atoms. The molecule has 136 valence electrons. The molecular weight excluding hydrogens is 308 g/mol. The van der Waals surface area contributed by atoms with E-state index in [9.17, 15) is 4.79 Å². The van der Waals surface area contributed by atoms with Gasteiger partial charge in [0.05, 0.1) is 24.4 Å². The standard InChI is InChI=1S/C17H30N4O3/c1-7-18-16(22)20-12-9-21(10-13(12)23-6)11(2)15-19-8-14(24-15)17(3,4)5/h8,11-13H,7,9-10H2,1-6H3,(H2,18,20,22)/t11-,12+,13-/m0/s1.